The van der Waals surface area contributed by atoms with Gasteiger partial charge in [0.15, 0.2) is 0 Å². The molecule has 0 saturated carbocycles. The normalized spacial score (nSPS) is 10.7. The van der Waals surface area contributed by atoms with Crippen LogP contribution in [0.2, 0.25) is 0 Å². The highest BCUT2D eigenvalue weighted by Crippen LogP contribution is 2.34. The summed E-state index contributed by atoms with van der Waals surface area (Å²) in [7, 11) is 1.63. The summed E-state index contributed by atoms with van der Waals surface area (Å²) in [6, 6.07) is 16.4. The second-order valence-electron chi connectivity index (χ2n) is 4.95. The molecular weight excluding hydrogens is 258 g/mol. The average Bonchev–Trinajstić information content (AvgIpc) is 2.39. The minimum absolute atomic E-state index is 0. The monoisotopic (exact) mass is 277 g/mol. The van der Waals surface area contributed by atoms with Crippen LogP contribution in [-0.2, 0) is 5.41 Å². The molecule has 0 aliphatic heterocycles. The van der Waals surface area contributed by atoms with E-state index >= 15 is 0 Å². The standard InChI is InChI=1S/C16H19NO.ClH/c1-16(2,12-7-5-4-6-8-12)13-9-10-15(18-3)14(17)11-13;/h4-11H,17H2,1-3H3;1H. The van der Waals surface area contributed by atoms with E-state index < -0.39 is 0 Å². The van der Waals surface area contributed by atoms with Gasteiger partial charge in [-0.2, -0.15) is 0 Å². The van der Waals surface area contributed by atoms with Crippen LogP contribution in [0, 0.1) is 0 Å². The summed E-state index contributed by atoms with van der Waals surface area (Å²) in [5, 5.41) is 0. The van der Waals surface area contributed by atoms with Crippen LogP contribution in [0.25, 0.3) is 0 Å². The Kier molecular flexibility index (Phi) is 4.84. The van der Waals surface area contributed by atoms with Gasteiger partial charge in [0.25, 0.3) is 0 Å². The first kappa shape index (κ1) is 15.4. The number of nitrogen functional groups attached to an aromatic ring is 1. The molecule has 0 atom stereocenters. The van der Waals surface area contributed by atoms with Gasteiger partial charge in [0.05, 0.1) is 12.8 Å². The third-order valence-corrected chi connectivity index (χ3v) is 3.45. The maximum absolute atomic E-state index is 5.98. The van der Waals surface area contributed by atoms with Crippen LogP contribution in [-0.4, -0.2) is 7.11 Å². The lowest BCUT2D eigenvalue weighted by Gasteiger charge is -2.26. The number of benzene rings is 2. The van der Waals surface area contributed by atoms with E-state index in [4.69, 9.17) is 10.5 Å². The van der Waals surface area contributed by atoms with Crippen LogP contribution < -0.4 is 10.5 Å². The van der Waals surface area contributed by atoms with Crippen LogP contribution in [0.15, 0.2) is 48.5 Å². The number of ether oxygens (including phenoxy) is 1. The van der Waals surface area contributed by atoms with E-state index in [-0.39, 0.29) is 17.8 Å². The highest BCUT2D eigenvalue weighted by molar-refractivity contribution is 5.85. The van der Waals surface area contributed by atoms with E-state index in [9.17, 15) is 0 Å². The number of nitrogens with two attached hydrogens (primary N) is 1. The van der Waals surface area contributed by atoms with Crippen molar-refractivity contribution < 1.29 is 4.74 Å². The lowest BCUT2D eigenvalue weighted by Crippen LogP contribution is -2.19. The molecule has 2 aromatic rings. The average molecular weight is 278 g/mol. The molecule has 0 heterocycles. The molecule has 0 radical (unpaired) electrons. The Morgan fingerprint density at radius 1 is 0.947 bits per heavy atom. The number of halogens is 1. The second kappa shape index (κ2) is 5.98. The summed E-state index contributed by atoms with van der Waals surface area (Å²) in [5.74, 6) is 0.725. The molecule has 3 heteroatoms. The van der Waals surface area contributed by atoms with Crippen molar-refractivity contribution in [1.29, 1.82) is 0 Å². The minimum Gasteiger partial charge on any atom is -0.495 e. The largest absolute Gasteiger partial charge is 0.495 e. The molecule has 0 bridgehead atoms. The fourth-order valence-electron chi connectivity index (χ4n) is 2.14. The van der Waals surface area contributed by atoms with Gasteiger partial charge in [0.1, 0.15) is 5.75 Å². The molecule has 2 N–H and O–H groups in total. The van der Waals surface area contributed by atoms with E-state index in [1.807, 2.05) is 18.2 Å². The fraction of sp³-hybridized carbons (Fsp3) is 0.250. The lowest BCUT2D eigenvalue weighted by molar-refractivity contribution is 0.416. The highest BCUT2D eigenvalue weighted by Gasteiger charge is 2.23. The van der Waals surface area contributed by atoms with Crippen molar-refractivity contribution in [1.82, 2.24) is 0 Å². The first-order chi connectivity index (χ1) is 8.55. The SMILES string of the molecule is COc1ccc(C(C)(C)c2ccccc2)cc1N.Cl. The predicted molar refractivity (Wildman–Crippen MR) is 83.2 cm³/mol. The lowest BCUT2D eigenvalue weighted by atomic mass is 9.78. The maximum atomic E-state index is 5.98. The zero-order chi connectivity index (χ0) is 13.2. The van der Waals surface area contributed by atoms with Gasteiger partial charge in [-0.05, 0) is 23.3 Å². The van der Waals surface area contributed by atoms with Gasteiger partial charge in [-0.3, -0.25) is 0 Å². The van der Waals surface area contributed by atoms with Crippen molar-refractivity contribution in [3.8, 4) is 5.75 Å². The van der Waals surface area contributed by atoms with Crippen molar-refractivity contribution in [2.75, 3.05) is 12.8 Å². The van der Waals surface area contributed by atoms with Crippen molar-refractivity contribution in [2.45, 2.75) is 19.3 Å². The minimum atomic E-state index is -0.0678. The molecule has 2 rings (SSSR count). The van der Waals surface area contributed by atoms with Crippen molar-refractivity contribution >= 4 is 18.1 Å². The van der Waals surface area contributed by atoms with E-state index in [0.29, 0.717) is 5.69 Å². The molecule has 0 aliphatic carbocycles. The summed E-state index contributed by atoms with van der Waals surface area (Å²) in [4.78, 5) is 0. The summed E-state index contributed by atoms with van der Waals surface area (Å²) in [5.41, 5.74) is 9.05. The van der Waals surface area contributed by atoms with Crippen LogP contribution in [0.4, 0.5) is 5.69 Å². The predicted octanol–water partition coefficient (Wildman–Crippen LogP) is 4.03. The third-order valence-electron chi connectivity index (χ3n) is 3.45. The van der Waals surface area contributed by atoms with Crippen LogP contribution in [0.3, 0.4) is 0 Å². The van der Waals surface area contributed by atoms with E-state index in [0.717, 1.165) is 5.75 Å². The van der Waals surface area contributed by atoms with Crippen LogP contribution in [0.5, 0.6) is 5.75 Å². The quantitative estimate of drug-likeness (QED) is 0.860. The maximum Gasteiger partial charge on any atom is 0.141 e. The number of hydrogen-bond acceptors (Lipinski definition) is 2. The molecule has 0 aliphatic rings. The van der Waals surface area contributed by atoms with E-state index in [1.54, 1.807) is 7.11 Å². The zero-order valence-corrected chi connectivity index (χ0v) is 12.3. The second-order valence-corrected chi connectivity index (χ2v) is 4.95. The van der Waals surface area contributed by atoms with Crippen molar-refractivity contribution in [3.63, 3.8) is 0 Å². The Hall–Kier alpha value is -1.67. The molecule has 0 amide bonds. The third kappa shape index (κ3) is 3.02. The van der Waals surface area contributed by atoms with Gasteiger partial charge in [-0.15, -0.1) is 12.4 Å². The highest BCUT2D eigenvalue weighted by atomic mass is 35.5. The molecule has 0 fully saturated rings. The van der Waals surface area contributed by atoms with Gasteiger partial charge in [0.2, 0.25) is 0 Å². The molecule has 0 unspecified atom stereocenters. The molecule has 2 nitrogen and oxygen atoms in total. The first-order valence-corrected chi connectivity index (χ1v) is 6.05. The number of anilines is 1. The van der Waals surface area contributed by atoms with Gasteiger partial charge in [-0.25, -0.2) is 0 Å². The molecule has 0 saturated heterocycles. The molecule has 0 spiro atoms. The topological polar surface area (TPSA) is 35.2 Å². The van der Waals surface area contributed by atoms with Gasteiger partial charge in [-0.1, -0.05) is 50.2 Å². The molecule has 102 valence electrons. The summed E-state index contributed by atoms with van der Waals surface area (Å²) in [6.45, 7) is 4.40. The van der Waals surface area contributed by atoms with Crippen LogP contribution in [0.1, 0.15) is 25.0 Å². The van der Waals surface area contributed by atoms with E-state index in [1.165, 1.54) is 11.1 Å². The van der Waals surface area contributed by atoms with Gasteiger partial charge < -0.3 is 10.5 Å². The number of hydrogen-bond donors (Lipinski definition) is 1. The molecule has 0 aromatic heterocycles. The Bertz CT molecular complexity index is 538. The number of methoxy groups -OCH3 is 1. The van der Waals surface area contributed by atoms with Crippen LogP contribution >= 0.6 is 12.4 Å². The van der Waals surface area contributed by atoms with Crippen molar-refractivity contribution in [2.24, 2.45) is 0 Å². The van der Waals surface area contributed by atoms with Crippen molar-refractivity contribution in [3.05, 3.63) is 59.7 Å². The fourth-order valence-corrected chi connectivity index (χ4v) is 2.14. The molecular formula is C16H20ClNO. The molecule has 19 heavy (non-hydrogen) atoms. The first-order valence-electron chi connectivity index (χ1n) is 6.05. The smallest absolute Gasteiger partial charge is 0.141 e. The van der Waals surface area contributed by atoms with Gasteiger partial charge in [0, 0.05) is 5.41 Å². The van der Waals surface area contributed by atoms with Gasteiger partial charge >= 0.3 is 0 Å². The Labute approximate surface area is 121 Å². The summed E-state index contributed by atoms with van der Waals surface area (Å²) < 4.78 is 5.19. The molecule has 2 aromatic carbocycles. The summed E-state index contributed by atoms with van der Waals surface area (Å²) in [6.07, 6.45) is 0. The Morgan fingerprint density at radius 3 is 2.11 bits per heavy atom. The Morgan fingerprint density at radius 2 is 1.58 bits per heavy atom. The zero-order valence-electron chi connectivity index (χ0n) is 11.5. The number of rotatable bonds is 3. The summed E-state index contributed by atoms with van der Waals surface area (Å²) >= 11 is 0. The Balaban J connectivity index is 0.00000180. The van der Waals surface area contributed by atoms with E-state index in [2.05, 4.69) is 44.2 Å².